The Bertz CT molecular complexity index is 1440. The van der Waals surface area contributed by atoms with Gasteiger partial charge in [0.2, 0.25) is 9.84 Å². The lowest BCUT2D eigenvalue weighted by molar-refractivity contribution is 0.0492. The van der Waals surface area contributed by atoms with Crippen LogP contribution in [-0.4, -0.2) is 57.6 Å². The van der Waals surface area contributed by atoms with Crippen LogP contribution in [0.4, 0.5) is 5.69 Å². The second-order valence-corrected chi connectivity index (χ2v) is 14.7. The monoisotopic (exact) mass is 570 g/mol. The molecule has 4 heterocycles. The van der Waals surface area contributed by atoms with Crippen molar-refractivity contribution in [2.24, 2.45) is 17.8 Å². The summed E-state index contributed by atoms with van der Waals surface area (Å²) >= 11 is 0. The molecular formula is C34H42N4O2S. The number of sulfone groups is 1. The Hall–Kier alpha value is -2.74. The number of benzene rings is 2. The third kappa shape index (κ3) is 5.00. The van der Waals surface area contributed by atoms with E-state index in [0.717, 1.165) is 44.2 Å². The average molecular weight is 571 g/mol. The van der Waals surface area contributed by atoms with Gasteiger partial charge in [-0.25, -0.2) is 8.42 Å². The molecule has 0 spiro atoms. The Balaban J connectivity index is 0.954. The van der Waals surface area contributed by atoms with E-state index in [1.165, 1.54) is 64.0 Å². The Labute approximate surface area is 245 Å². The fourth-order valence-electron chi connectivity index (χ4n) is 8.41. The minimum absolute atomic E-state index is 0.168. The second kappa shape index (κ2) is 11.2. The summed E-state index contributed by atoms with van der Waals surface area (Å²) in [5, 5.41) is 4.16. The van der Waals surface area contributed by atoms with E-state index in [2.05, 4.69) is 44.4 Å². The van der Waals surface area contributed by atoms with Crippen molar-refractivity contribution < 1.29 is 8.42 Å². The van der Waals surface area contributed by atoms with Crippen LogP contribution in [0.2, 0.25) is 0 Å². The van der Waals surface area contributed by atoms with Crippen LogP contribution in [0.15, 0.2) is 82.8 Å². The molecule has 2 saturated heterocycles. The molecule has 1 aliphatic carbocycles. The Morgan fingerprint density at radius 1 is 0.829 bits per heavy atom. The summed E-state index contributed by atoms with van der Waals surface area (Å²) in [7, 11) is -3.51. The van der Waals surface area contributed by atoms with Crippen LogP contribution in [0.1, 0.15) is 49.7 Å². The molecule has 3 aromatic rings. The van der Waals surface area contributed by atoms with Crippen molar-refractivity contribution in [1.82, 2.24) is 15.2 Å². The maximum atomic E-state index is 12.9. The van der Waals surface area contributed by atoms with Crippen molar-refractivity contribution in [3.05, 3.63) is 84.2 Å². The van der Waals surface area contributed by atoms with Crippen molar-refractivity contribution in [2.45, 2.75) is 60.3 Å². The number of piperidine rings is 1. The molecule has 1 saturated carbocycles. The number of hydrogen-bond acceptors (Lipinski definition) is 6. The summed E-state index contributed by atoms with van der Waals surface area (Å²) < 4.78 is 25.8. The number of aromatic nitrogens is 1. The zero-order valence-electron chi connectivity index (χ0n) is 23.9. The molecule has 6 nitrogen and oxygen atoms in total. The van der Waals surface area contributed by atoms with Crippen LogP contribution in [0.3, 0.4) is 0 Å². The molecule has 0 radical (unpaired) electrons. The zero-order valence-corrected chi connectivity index (χ0v) is 24.7. The number of anilines is 1. The first kappa shape index (κ1) is 27.1. The molecule has 1 unspecified atom stereocenters. The Morgan fingerprint density at radius 2 is 1.49 bits per heavy atom. The van der Waals surface area contributed by atoms with Crippen LogP contribution in [0, 0.1) is 17.8 Å². The lowest BCUT2D eigenvalue weighted by Gasteiger charge is -2.53. The van der Waals surface area contributed by atoms with E-state index in [1.807, 2.05) is 12.1 Å². The van der Waals surface area contributed by atoms with E-state index in [1.54, 1.807) is 35.4 Å². The summed E-state index contributed by atoms with van der Waals surface area (Å²) in [5.74, 6) is 2.15. The van der Waals surface area contributed by atoms with Crippen molar-refractivity contribution in [2.75, 3.05) is 44.2 Å². The van der Waals surface area contributed by atoms with Gasteiger partial charge in [0.25, 0.3) is 0 Å². The summed E-state index contributed by atoms with van der Waals surface area (Å²) in [5.41, 5.74) is 4.47. The fourth-order valence-corrected chi connectivity index (χ4v) is 9.65. The van der Waals surface area contributed by atoms with Gasteiger partial charge in [-0.05, 0) is 105 Å². The lowest BCUT2D eigenvalue weighted by atomic mass is 9.63. The minimum atomic E-state index is -3.51. The van der Waals surface area contributed by atoms with Gasteiger partial charge in [0.05, 0.1) is 9.79 Å². The number of nitrogens with zero attached hydrogens (tertiary/aromatic N) is 3. The Morgan fingerprint density at radius 3 is 2.22 bits per heavy atom. The quantitative estimate of drug-likeness (QED) is 0.416. The number of hydrogen-bond donors (Lipinski definition) is 1. The Kier molecular flexibility index (Phi) is 7.38. The van der Waals surface area contributed by atoms with E-state index in [-0.39, 0.29) is 10.4 Å². The first-order valence-electron chi connectivity index (χ1n) is 15.6. The highest BCUT2D eigenvalue weighted by Gasteiger charge is 2.50. The van der Waals surface area contributed by atoms with Crippen molar-refractivity contribution >= 4 is 15.5 Å². The normalized spacial score (nSPS) is 24.7. The highest BCUT2D eigenvalue weighted by atomic mass is 32.2. The van der Waals surface area contributed by atoms with Gasteiger partial charge in [0.1, 0.15) is 0 Å². The second-order valence-electron chi connectivity index (χ2n) is 12.7. The van der Waals surface area contributed by atoms with Gasteiger partial charge in [-0.2, -0.15) is 0 Å². The summed E-state index contributed by atoms with van der Waals surface area (Å²) in [6.07, 6.45) is 12.3. The van der Waals surface area contributed by atoms with Crippen LogP contribution >= 0.6 is 0 Å². The molecule has 3 aliphatic heterocycles. The molecule has 4 aliphatic rings. The molecule has 2 aromatic carbocycles. The third-order valence-electron chi connectivity index (χ3n) is 10.5. The van der Waals surface area contributed by atoms with Crippen molar-refractivity contribution in [3.63, 3.8) is 0 Å². The zero-order chi connectivity index (χ0) is 27.9. The van der Waals surface area contributed by atoms with Gasteiger partial charge in [0, 0.05) is 55.7 Å². The number of nitrogens with one attached hydrogen (secondary N) is 1. The molecule has 1 aromatic heterocycles. The van der Waals surface area contributed by atoms with Gasteiger partial charge in [-0.3, -0.25) is 4.98 Å². The first-order valence-corrected chi connectivity index (χ1v) is 17.1. The van der Waals surface area contributed by atoms with Gasteiger partial charge >= 0.3 is 0 Å². The van der Waals surface area contributed by atoms with Crippen molar-refractivity contribution in [1.29, 1.82) is 0 Å². The molecule has 41 heavy (non-hydrogen) atoms. The van der Waals surface area contributed by atoms with E-state index in [0.29, 0.717) is 16.7 Å². The average Bonchev–Trinajstić information content (AvgIpc) is 3.55. The topological polar surface area (TPSA) is 65.5 Å². The predicted molar refractivity (Wildman–Crippen MR) is 163 cm³/mol. The van der Waals surface area contributed by atoms with Gasteiger partial charge < -0.3 is 15.1 Å². The minimum Gasteiger partial charge on any atom is -0.371 e. The van der Waals surface area contributed by atoms with Crippen LogP contribution < -0.4 is 10.2 Å². The molecular weight excluding hydrogens is 528 g/mol. The number of pyridine rings is 1. The molecule has 7 rings (SSSR count). The third-order valence-corrected chi connectivity index (χ3v) is 12.2. The van der Waals surface area contributed by atoms with E-state index < -0.39 is 9.84 Å². The maximum absolute atomic E-state index is 12.9. The lowest BCUT2D eigenvalue weighted by Crippen LogP contribution is -2.59. The largest absolute Gasteiger partial charge is 0.371 e. The summed E-state index contributed by atoms with van der Waals surface area (Å²) in [6, 6.07) is 19.8. The summed E-state index contributed by atoms with van der Waals surface area (Å²) in [6.45, 7) is 6.75. The van der Waals surface area contributed by atoms with Gasteiger partial charge in [-0.15, -0.1) is 0 Å². The van der Waals surface area contributed by atoms with Gasteiger partial charge in [-0.1, -0.05) is 37.1 Å². The number of fused-ring (bicyclic) bond motifs is 1. The molecule has 1 N–H and O–H groups in total. The molecule has 7 heteroatoms. The first-order chi connectivity index (χ1) is 20.0. The number of rotatable bonds is 7. The molecule has 1 atom stereocenters. The highest BCUT2D eigenvalue weighted by molar-refractivity contribution is 7.91. The van der Waals surface area contributed by atoms with E-state index in [9.17, 15) is 8.42 Å². The van der Waals surface area contributed by atoms with E-state index >= 15 is 0 Å². The molecule has 0 bridgehead atoms. The smallest absolute Gasteiger partial charge is 0.206 e. The highest BCUT2D eigenvalue weighted by Crippen LogP contribution is 2.50. The van der Waals surface area contributed by atoms with Crippen LogP contribution in [0.5, 0.6) is 0 Å². The van der Waals surface area contributed by atoms with Crippen molar-refractivity contribution in [3.8, 4) is 0 Å². The molecule has 216 valence electrons. The van der Waals surface area contributed by atoms with E-state index in [4.69, 9.17) is 0 Å². The van der Waals surface area contributed by atoms with Crippen LogP contribution in [-0.2, 0) is 21.8 Å². The molecule has 3 fully saturated rings. The predicted octanol–water partition coefficient (Wildman–Crippen LogP) is 5.29. The van der Waals surface area contributed by atoms with Crippen LogP contribution in [0.25, 0.3) is 0 Å². The maximum Gasteiger partial charge on any atom is 0.206 e. The molecule has 0 amide bonds. The summed E-state index contributed by atoms with van der Waals surface area (Å²) in [4.78, 5) is 9.63. The van der Waals surface area contributed by atoms with Gasteiger partial charge in [0.15, 0.2) is 0 Å². The number of likely N-dealkylation sites (tertiary alicyclic amines) is 1. The fraction of sp³-hybridized carbons (Fsp3) is 0.500. The SMILES string of the molecule is O=S(=O)(c1ccncc1)c1ccc(N2CC(CN3CCC(C4(C5CCCC5)NCCc5ccccc54)CC3)C2)cc1. The standard InChI is InChI=1S/C34H42N4O2S/c39-41(40,32-14-18-35-19-15-32)31-11-9-30(10-12-31)38-24-26(25-38)23-37-21-16-29(17-22-37)34(28-6-2-3-7-28)33-8-4-1-5-27(33)13-20-36-34/h1,4-5,8-12,14-15,18-19,26,28-29,36H,2-3,6-7,13,16-17,20-25H2.